The second-order valence-corrected chi connectivity index (χ2v) is 5.40. The molecule has 19 heavy (non-hydrogen) atoms. The van der Waals surface area contributed by atoms with Gasteiger partial charge >= 0.3 is 0 Å². The normalized spacial score (nSPS) is 23.5. The number of halogens is 1. The largest absolute Gasteiger partial charge is 0.396 e. The van der Waals surface area contributed by atoms with Crippen molar-refractivity contribution in [3.63, 3.8) is 0 Å². The van der Waals surface area contributed by atoms with Crippen LogP contribution in [0.4, 0.5) is 4.39 Å². The van der Waals surface area contributed by atoms with E-state index in [1.165, 1.54) is 6.07 Å². The van der Waals surface area contributed by atoms with E-state index in [1.807, 2.05) is 6.07 Å². The summed E-state index contributed by atoms with van der Waals surface area (Å²) in [4.78, 5) is 2.28. The Bertz CT molecular complexity index is 413. The highest BCUT2D eigenvalue weighted by Gasteiger charge is 2.31. The first-order chi connectivity index (χ1) is 9.15. The van der Waals surface area contributed by atoms with Crippen LogP contribution >= 0.6 is 0 Å². The van der Waals surface area contributed by atoms with Crippen LogP contribution in [0.3, 0.4) is 0 Å². The van der Waals surface area contributed by atoms with Gasteiger partial charge in [-0.05, 0) is 43.0 Å². The molecule has 1 fully saturated rings. The van der Waals surface area contributed by atoms with Gasteiger partial charge in [-0.3, -0.25) is 4.90 Å². The highest BCUT2D eigenvalue weighted by molar-refractivity contribution is 5.22. The molecule has 3 nitrogen and oxygen atoms in total. The Kier molecular flexibility index (Phi) is 4.91. The number of benzene rings is 1. The summed E-state index contributed by atoms with van der Waals surface area (Å²) >= 11 is 0. The van der Waals surface area contributed by atoms with Gasteiger partial charge < -0.3 is 10.8 Å². The molecule has 1 aromatic rings. The highest BCUT2D eigenvalue weighted by atomic mass is 19.1. The minimum Gasteiger partial charge on any atom is -0.396 e. The first-order valence-corrected chi connectivity index (χ1v) is 7.01. The van der Waals surface area contributed by atoms with Crippen molar-refractivity contribution in [3.05, 3.63) is 35.6 Å². The van der Waals surface area contributed by atoms with E-state index in [4.69, 9.17) is 5.73 Å². The van der Waals surface area contributed by atoms with Gasteiger partial charge in [0, 0.05) is 25.2 Å². The monoisotopic (exact) mass is 266 g/mol. The topological polar surface area (TPSA) is 49.5 Å². The van der Waals surface area contributed by atoms with Gasteiger partial charge in [-0.15, -0.1) is 0 Å². The van der Waals surface area contributed by atoms with E-state index in [9.17, 15) is 9.50 Å². The predicted molar refractivity (Wildman–Crippen MR) is 74.2 cm³/mol. The van der Waals surface area contributed by atoms with Crippen molar-refractivity contribution in [1.82, 2.24) is 4.90 Å². The van der Waals surface area contributed by atoms with E-state index < -0.39 is 0 Å². The van der Waals surface area contributed by atoms with Gasteiger partial charge in [0.15, 0.2) is 0 Å². The van der Waals surface area contributed by atoms with E-state index in [1.54, 1.807) is 12.1 Å². The van der Waals surface area contributed by atoms with Crippen LogP contribution < -0.4 is 5.73 Å². The summed E-state index contributed by atoms with van der Waals surface area (Å²) in [5.41, 5.74) is 7.18. The molecule has 0 spiro atoms. The second-order valence-electron chi connectivity index (χ2n) is 5.40. The van der Waals surface area contributed by atoms with Crippen LogP contribution in [-0.2, 0) is 0 Å². The Labute approximate surface area is 114 Å². The Morgan fingerprint density at radius 2 is 2.32 bits per heavy atom. The van der Waals surface area contributed by atoms with Crippen molar-refractivity contribution in [2.24, 2.45) is 11.7 Å². The molecule has 1 aromatic carbocycles. The maximum absolute atomic E-state index is 13.4. The van der Waals surface area contributed by atoms with E-state index in [0.29, 0.717) is 5.92 Å². The first-order valence-electron chi connectivity index (χ1n) is 7.01. The molecule has 1 aliphatic rings. The Morgan fingerprint density at radius 1 is 1.53 bits per heavy atom. The number of nitrogens with two attached hydrogens (primary N) is 1. The summed E-state index contributed by atoms with van der Waals surface area (Å²) < 4.78 is 13.4. The molecule has 3 N–H and O–H groups in total. The van der Waals surface area contributed by atoms with Gasteiger partial charge in [0.2, 0.25) is 0 Å². The fourth-order valence-corrected chi connectivity index (χ4v) is 2.91. The lowest BCUT2D eigenvalue weighted by atomic mass is 9.96. The third-order valence-electron chi connectivity index (χ3n) is 4.04. The number of rotatable bonds is 5. The van der Waals surface area contributed by atoms with Gasteiger partial charge in [-0.2, -0.15) is 0 Å². The summed E-state index contributed by atoms with van der Waals surface area (Å²) in [6.07, 6.45) is 1.83. The zero-order valence-electron chi connectivity index (χ0n) is 11.4. The fraction of sp³-hybridized carbons (Fsp3) is 0.600. The van der Waals surface area contributed by atoms with Crippen LogP contribution in [0.1, 0.15) is 31.4 Å². The zero-order chi connectivity index (χ0) is 13.8. The van der Waals surface area contributed by atoms with E-state index in [-0.39, 0.29) is 24.5 Å². The van der Waals surface area contributed by atoms with Crippen LogP contribution in [0.15, 0.2) is 24.3 Å². The molecule has 0 radical (unpaired) electrons. The summed E-state index contributed by atoms with van der Waals surface area (Å²) in [5, 5.41) is 9.26. The van der Waals surface area contributed by atoms with E-state index in [2.05, 4.69) is 11.8 Å². The molecule has 0 bridgehead atoms. The molecular weight excluding hydrogens is 243 g/mol. The van der Waals surface area contributed by atoms with E-state index in [0.717, 1.165) is 31.5 Å². The molecule has 1 aliphatic heterocycles. The minimum absolute atomic E-state index is 0.0146. The van der Waals surface area contributed by atoms with Crippen molar-refractivity contribution in [2.45, 2.75) is 31.8 Å². The average molecular weight is 266 g/mol. The van der Waals surface area contributed by atoms with Crippen LogP contribution in [-0.4, -0.2) is 35.7 Å². The molecule has 3 unspecified atom stereocenters. The Balaban J connectivity index is 2.21. The molecule has 2 rings (SSSR count). The molecule has 1 saturated heterocycles. The minimum atomic E-state index is -0.219. The van der Waals surface area contributed by atoms with Crippen LogP contribution in [0.5, 0.6) is 0 Å². The van der Waals surface area contributed by atoms with Crippen molar-refractivity contribution in [2.75, 3.05) is 19.7 Å². The smallest absolute Gasteiger partial charge is 0.123 e. The third kappa shape index (κ3) is 3.32. The van der Waals surface area contributed by atoms with Crippen molar-refractivity contribution in [3.8, 4) is 0 Å². The summed E-state index contributed by atoms with van der Waals surface area (Å²) in [7, 11) is 0. The summed E-state index contributed by atoms with van der Waals surface area (Å²) in [6.45, 7) is 4.02. The number of hydrogen-bond donors (Lipinski definition) is 2. The van der Waals surface area contributed by atoms with Gasteiger partial charge in [0.1, 0.15) is 5.82 Å². The van der Waals surface area contributed by atoms with Crippen LogP contribution in [0.25, 0.3) is 0 Å². The molecule has 4 heteroatoms. The van der Waals surface area contributed by atoms with Gasteiger partial charge in [-0.25, -0.2) is 4.39 Å². The fourth-order valence-electron chi connectivity index (χ4n) is 2.91. The number of likely N-dealkylation sites (tertiary alicyclic amines) is 1. The van der Waals surface area contributed by atoms with Gasteiger partial charge in [0.25, 0.3) is 0 Å². The standard InChI is InChI=1S/C15H23FN2O/c1-2-14(17)15(12-4-3-5-13(16)8-12)18-7-6-11(9-18)10-19/h3-5,8,11,14-15,19H,2,6-7,9-10,17H2,1H3. The van der Waals surface area contributed by atoms with E-state index >= 15 is 0 Å². The molecule has 0 aliphatic carbocycles. The highest BCUT2D eigenvalue weighted by Crippen LogP contribution is 2.30. The maximum Gasteiger partial charge on any atom is 0.123 e. The zero-order valence-corrected chi connectivity index (χ0v) is 11.4. The number of aliphatic hydroxyl groups excluding tert-OH is 1. The van der Waals surface area contributed by atoms with Crippen LogP contribution in [0.2, 0.25) is 0 Å². The summed E-state index contributed by atoms with van der Waals surface area (Å²) in [5.74, 6) is 0.101. The molecule has 1 heterocycles. The molecule has 3 atom stereocenters. The Hall–Kier alpha value is -0.970. The lowest BCUT2D eigenvalue weighted by molar-refractivity contribution is 0.180. The number of aliphatic hydroxyl groups is 1. The second kappa shape index (κ2) is 6.46. The third-order valence-corrected chi connectivity index (χ3v) is 4.04. The lowest BCUT2D eigenvalue weighted by Crippen LogP contribution is -2.40. The van der Waals surface area contributed by atoms with Crippen molar-refractivity contribution < 1.29 is 9.50 Å². The lowest BCUT2D eigenvalue weighted by Gasteiger charge is -2.32. The molecule has 0 aromatic heterocycles. The average Bonchev–Trinajstić information content (AvgIpc) is 2.87. The predicted octanol–water partition coefficient (Wildman–Crippen LogP) is 1.92. The van der Waals surface area contributed by atoms with Crippen molar-refractivity contribution >= 4 is 0 Å². The van der Waals surface area contributed by atoms with Gasteiger partial charge in [-0.1, -0.05) is 19.1 Å². The van der Waals surface area contributed by atoms with Crippen molar-refractivity contribution in [1.29, 1.82) is 0 Å². The molecule has 0 amide bonds. The molecule has 0 saturated carbocycles. The first kappa shape index (κ1) is 14.4. The maximum atomic E-state index is 13.4. The molecular formula is C15H23FN2O. The molecule has 106 valence electrons. The Morgan fingerprint density at radius 3 is 2.89 bits per heavy atom. The SMILES string of the molecule is CCC(N)C(c1cccc(F)c1)N1CCC(CO)C1. The van der Waals surface area contributed by atoms with Crippen LogP contribution in [0, 0.1) is 11.7 Å². The quantitative estimate of drug-likeness (QED) is 0.856. The number of nitrogens with zero attached hydrogens (tertiary/aromatic N) is 1. The summed E-state index contributed by atoms with van der Waals surface area (Å²) in [6, 6.07) is 6.73. The van der Waals surface area contributed by atoms with Gasteiger partial charge in [0.05, 0.1) is 0 Å². The number of hydrogen-bond acceptors (Lipinski definition) is 3.